The number of methoxy groups -OCH3 is 1. The summed E-state index contributed by atoms with van der Waals surface area (Å²) in [6.07, 6.45) is 0. The highest BCUT2D eigenvalue weighted by atomic mass is 16.5. The first-order valence-electron chi connectivity index (χ1n) is 10.2. The van der Waals surface area contributed by atoms with Crippen LogP contribution in [0.15, 0.2) is 48.5 Å². The van der Waals surface area contributed by atoms with Crippen LogP contribution in [0.5, 0.6) is 5.75 Å². The molecule has 1 fully saturated rings. The quantitative estimate of drug-likeness (QED) is 0.630. The second-order valence-electron chi connectivity index (χ2n) is 7.80. The number of rotatable bonds is 7. The SMILES string of the molecule is COc1ccc(CNC(=O)[C@H](C)[NH+]2CC[NH+](Cc3ccccc3C)CC2)cc1. The molecule has 1 atom stereocenters. The average molecular weight is 384 g/mol. The van der Waals surface area contributed by atoms with Gasteiger partial charge in [-0.25, -0.2) is 0 Å². The van der Waals surface area contributed by atoms with Gasteiger partial charge >= 0.3 is 0 Å². The second-order valence-corrected chi connectivity index (χ2v) is 7.80. The summed E-state index contributed by atoms with van der Waals surface area (Å²) in [6, 6.07) is 16.5. The van der Waals surface area contributed by atoms with Gasteiger partial charge in [-0.05, 0) is 37.1 Å². The van der Waals surface area contributed by atoms with Gasteiger partial charge in [-0.15, -0.1) is 0 Å². The highest BCUT2D eigenvalue weighted by Gasteiger charge is 2.30. The summed E-state index contributed by atoms with van der Waals surface area (Å²) >= 11 is 0. The maximum absolute atomic E-state index is 12.6. The summed E-state index contributed by atoms with van der Waals surface area (Å²) in [6.45, 7) is 10.2. The maximum Gasteiger partial charge on any atom is 0.278 e. The summed E-state index contributed by atoms with van der Waals surface area (Å²) in [7, 11) is 1.66. The number of nitrogens with one attached hydrogen (secondary N) is 3. The Morgan fingerprint density at radius 1 is 1.07 bits per heavy atom. The van der Waals surface area contributed by atoms with Crippen molar-refractivity contribution >= 4 is 5.91 Å². The number of quaternary nitrogens is 2. The molecule has 5 nitrogen and oxygen atoms in total. The van der Waals surface area contributed by atoms with Gasteiger partial charge in [0.1, 0.15) is 38.5 Å². The smallest absolute Gasteiger partial charge is 0.278 e. The topological polar surface area (TPSA) is 47.2 Å². The van der Waals surface area contributed by atoms with Crippen LogP contribution in [0.3, 0.4) is 0 Å². The van der Waals surface area contributed by atoms with Gasteiger partial charge in [-0.2, -0.15) is 0 Å². The van der Waals surface area contributed by atoms with Crippen molar-refractivity contribution in [2.24, 2.45) is 0 Å². The van der Waals surface area contributed by atoms with E-state index < -0.39 is 0 Å². The monoisotopic (exact) mass is 383 g/mol. The van der Waals surface area contributed by atoms with Crippen molar-refractivity contribution < 1.29 is 19.3 Å². The van der Waals surface area contributed by atoms with Crippen LogP contribution in [-0.2, 0) is 17.9 Å². The van der Waals surface area contributed by atoms with E-state index in [1.165, 1.54) is 16.0 Å². The number of piperazine rings is 1. The van der Waals surface area contributed by atoms with Crippen LogP contribution in [0.2, 0.25) is 0 Å². The van der Waals surface area contributed by atoms with E-state index in [4.69, 9.17) is 4.74 Å². The third-order valence-electron chi connectivity index (χ3n) is 5.93. The molecule has 1 saturated heterocycles. The standard InChI is InChI=1S/C23H31N3O2/c1-18-6-4-5-7-21(18)17-25-12-14-26(15-13-25)19(2)23(27)24-16-20-8-10-22(28-3)11-9-20/h4-11,19H,12-17H2,1-3H3,(H,24,27)/p+2/t19-/m0/s1. The van der Waals surface area contributed by atoms with Crippen molar-refractivity contribution in [2.75, 3.05) is 33.3 Å². The Kier molecular flexibility index (Phi) is 7.06. The van der Waals surface area contributed by atoms with Gasteiger partial charge in [0.15, 0.2) is 6.04 Å². The third-order valence-corrected chi connectivity index (χ3v) is 5.93. The molecule has 3 rings (SSSR count). The van der Waals surface area contributed by atoms with Crippen molar-refractivity contribution in [3.8, 4) is 5.75 Å². The van der Waals surface area contributed by atoms with Crippen molar-refractivity contribution in [2.45, 2.75) is 33.0 Å². The molecule has 0 saturated carbocycles. The lowest BCUT2D eigenvalue weighted by Crippen LogP contribution is -3.29. The minimum absolute atomic E-state index is 0.0155. The second kappa shape index (κ2) is 9.71. The molecule has 150 valence electrons. The Bertz CT molecular complexity index is 768. The minimum Gasteiger partial charge on any atom is -0.497 e. The predicted octanol–water partition coefficient (Wildman–Crippen LogP) is -0.00808. The lowest BCUT2D eigenvalue weighted by Gasteiger charge is -2.32. The molecule has 0 aromatic heterocycles. The molecular formula is C23H33N3O2+2. The Labute approximate surface area is 168 Å². The first-order chi connectivity index (χ1) is 13.6. The molecule has 28 heavy (non-hydrogen) atoms. The number of carbonyl (C=O) groups excluding carboxylic acids is 1. The molecule has 1 aliphatic rings. The largest absolute Gasteiger partial charge is 0.497 e. The fraction of sp³-hybridized carbons (Fsp3) is 0.435. The fourth-order valence-corrected chi connectivity index (χ4v) is 3.88. The fourth-order valence-electron chi connectivity index (χ4n) is 3.88. The molecule has 0 radical (unpaired) electrons. The molecule has 0 unspecified atom stereocenters. The van der Waals surface area contributed by atoms with E-state index in [1.807, 2.05) is 31.2 Å². The van der Waals surface area contributed by atoms with Gasteiger partial charge in [0.25, 0.3) is 5.91 Å². The van der Waals surface area contributed by atoms with Crippen LogP contribution in [0.1, 0.15) is 23.6 Å². The summed E-state index contributed by atoms with van der Waals surface area (Å²) in [5, 5.41) is 3.08. The van der Waals surface area contributed by atoms with Crippen molar-refractivity contribution in [1.29, 1.82) is 0 Å². The van der Waals surface area contributed by atoms with Crippen molar-refractivity contribution in [3.05, 3.63) is 65.2 Å². The lowest BCUT2D eigenvalue weighted by atomic mass is 10.1. The Hall–Kier alpha value is -2.37. The van der Waals surface area contributed by atoms with E-state index in [0.29, 0.717) is 6.54 Å². The lowest BCUT2D eigenvalue weighted by molar-refractivity contribution is -1.02. The van der Waals surface area contributed by atoms with Gasteiger partial charge in [-0.1, -0.05) is 36.4 Å². The van der Waals surface area contributed by atoms with Crippen molar-refractivity contribution in [3.63, 3.8) is 0 Å². The van der Waals surface area contributed by atoms with E-state index >= 15 is 0 Å². The van der Waals surface area contributed by atoms with Crippen LogP contribution in [0.25, 0.3) is 0 Å². The van der Waals surface area contributed by atoms with Crippen molar-refractivity contribution in [1.82, 2.24) is 5.32 Å². The summed E-state index contributed by atoms with van der Waals surface area (Å²) in [5.41, 5.74) is 3.89. The van der Waals surface area contributed by atoms with Crippen LogP contribution < -0.4 is 19.9 Å². The molecule has 2 aromatic rings. The molecule has 1 heterocycles. The summed E-state index contributed by atoms with van der Waals surface area (Å²) < 4.78 is 5.17. The molecule has 0 aliphatic carbocycles. The Balaban J connectivity index is 1.44. The average Bonchev–Trinajstić information content (AvgIpc) is 2.74. The summed E-state index contributed by atoms with van der Waals surface area (Å²) in [5.74, 6) is 0.965. The number of aryl methyl sites for hydroxylation is 1. The molecule has 1 aliphatic heterocycles. The summed E-state index contributed by atoms with van der Waals surface area (Å²) in [4.78, 5) is 15.6. The number of amides is 1. The molecule has 3 N–H and O–H groups in total. The van der Waals surface area contributed by atoms with Gasteiger partial charge in [0.2, 0.25) is 0 Å². The number of hydrogen-bond donors (Lipinski definition) is 3. The maximum atomic E-state index is 12.6. The van der Waals surface area contributed by atoms with E-state index in [0.717, 1.165) is 44.0 Å². The first kappa shape index (κ1) is 20.4. The zero-order valence-electron chi connectivity index (χ0n) is 17.3. The van der Waals surface area contributed by atoms with E-state index in [-0.39, 0.29) is 11.9 Å². The first-order valence-corrected chi connectivity index (χ1v) is 10.2. The van der Waals surface area contributed by atoms with Gasteiger partial charge in [-0.3, -0.25) is 4.79 Å². The van der Waals surface area contributed by atoms with Gasteiger partial charge < -0.3 is 19.9 Å². The predicted molar refractivity (Wildman–Crippen MR) is 111 cm³/mol. The van der Waals surface area contributed by atoms with Gasteiger partial charge in [0, 0.05) is 12.1 Å². The minimum atomic E-state index is -0.0155. The molecule has 5 heteroatoms. The number of hydrogen-bond acceptors (Lipinski definition) is 2. The molecule has 0 spiro atoms. The zero-order chi connectivity index (χ0) is 19.9. The highest BCUT2D eigenvalue weighted by Crippen LogP contribution is 2.10. The highest BCUT2D eigenvalue weighted by molar-refractivity contribution is 5.79. The van der Waals surface area contributed by atoms with E-state index in [1.54, 1.807) is 12.0 Å². The molecular weight excluding hydrogens is 350 g/mol. The van der Waals surface area contributed by atoms with E-state index in [9.17, 15) is 4.79 Å². The normalized spacial score (nSPS) is 20.4. The van der Waals surface area contributed by atoms with Gasteiger partial charge in [0.05, 0.1) is 7.11 Å². The number of benzene rings is 2. The van der Waals surface area contributed by atoms with Crippen LogP contribution in [0, 0.1) is 6.92 Å². The molecule has 0 bridgehead atoms. The molecule has 1 amide bonds. The van der Waals surface area contributed by atoms with Crippen LogP contribution in [-0.4, -0.2) is 45.2 Å². The molecule has 2 aromatic carbocycles. The number of ether oxygens (including phenoxy) is 1. The van der Waals surface area contributed by atoms with Crippen LogP contribution in [0.4, 0.5) is 0 Å². The third kappa shape index (κ3) is 5.33. The zero-order valence-corrected chi connectivity index (χ0v) is 17.3. The number of carbonyl (C=O) groups is 1. The Morgan fingerprint density at radius 2 is 1.75 bits per heavy atom. The Morgan fingerprint density at radius 3 is 2.39 bits per heavy atom. The van der Waals surface area contributed by atoms with Crippen LogP contribution >= 0.6 is 0 Å². The van der Waals surface area contributed by atoms with E-state index in [2.05, 4.69) is 36.5 Å².